The van der Waals surface area contributed by atoms with Crippen LogP contribution in [0.1, 0.15) is 55.9 Å². The zero-order valence-corrected chi connectivity index (χ0v) is 23.5. The number of fused-ring (bicyclic) bond motifs is 3. The molecule has 0 bridgehead atoms. The van der Waals surface area contributed by atoms with Crippen molar-refractivity contribution in [3.63, 3.8) is 0 Å². The fourth-order valence-electron chi connectivity index (χ4n) is 5.16. The number of rotatable bonds is 7. The minimum Gasteiger partial charge on any atom is -0.496 e. The Labute approximate surface area is 231 Å². The molecule has 0 atom stereocenters. The number of carbonyl (C=O) groups excluding carboxylic acids is 1. The maximum absolute atomic E-state index is 12.9. The van der Waals surface area contributed by atoms with Gasteiger partial charge in [0.2, 0.25) is 0 Å². The van der Waals surface area contributed by atoms with Crippen LogP contribution in [-0.4, -0.2) is 44.7 Å². The molecule has 1 heterocycles. The molecule has 0 aromatic heterocycles. The number of methoxy groups -OCH3 is 1. The first-order valence-corrected chi connectivity index (χ1v) is 13.4. The van der Waals surface area contributed by atoms with Gasteiger partial charge < -0.3 is 24.1 Å². The molecule has 0 radical (unpaired) electrons. The van der Waals surface area contributed by atoms with Crippen molar-refractivity contribution in [3.8, 4) is 16.9 Å². The number of amides is 1. The van der Waals surface area contributed by atoms with Crippen molar-refractivity contribution in [1.82, 2.24) is 5.32 Å². The summed E-state index contributed by atoms with van der Waals surface area (Å²) in [5.41, 5.74) is 6.49. The van der Waals surface area contributed by atoms with Gasteiger partial charge in [0.25, 0.3) is 0 Å². The lowest BCUT2D eigenvalue weighted by molar-refractivity contribution is 0.00578. The second-order valence-electron chi connectivity index (χ2n) is 11.2. The SMILES string of the molecule is COc1cc(C=C(CNC(=O)OCC2c3ccccc3-c3ccccc32)B2OC(C)(C)C(C)(C)O2)ccc1C. The number of carbonyl (C=O) groups is 1. The summed E-state index contributed by atoms with van der Waals surface area (Å²) in [7, 11) is 1.04. The Hall–Kier alpha value is -3.55. The van der Waals surface area contributed by atoms with Gasteiger partial charge >= 0.3 is 13.2 Å². The van der Waals surface area contributed by atoms with Gasteiger partial charge in [0.1, 0.15) is 12.4 Å². The lowest BCUT2D eigenvalue weighted by Gasteiger charge is -2.32. The van der Waals surface area contributed by atoms with Crippen LogP contribution in [0, 0.1) is 6.92 Å². The summed E-state index contributed by atoms with van der Waals surface area (Å²) in [6, 6.07) is 22.6. The standard InChI is InChI=1S/C32H36BNO5/c1-21-15-16-22(18-29(21)36-6)17-23(33-38-31(2,3)32(4,5)39-33)19-34-30(35)37-20-28-26-13-9-7-11-24(26)25-12-8-10-14-27(25)28/h7-18,28H,19-20H2,1-6H3,(H,34,35). The van der Waals surface area contributed by atoms with Crippen molar-refractivity contribution in [2.75, 3.05) is 20.3 Å². The molecule has 1 fully saturated rings. The average Bonchev–Trinajstić information content (AvgIpc) is 3.35. The first-order valence-electron chi connectivity index (χ1n) is 13.4. The molecule has 39 heavy (non-hydrogen) atoms. The molecule has 0 spiro atoms. The highest BCUT2D eigenvalue weighted by atomic mass is 16.7. The Bertz CT molecular complexity index is 1350. The number of alkyl carbamates (subject to hydrolysis) is 1. The number of benzene rings is 3. The van der Waals surface area contributed by atoms with Crippen molar-refractivity contribution in [2.24, 2.45) is 0 Å². The number of hydrogen-bond donors (Lipinski definition) is 1. The second kappa shape index (κ2) is 10.6. The monoisotopic (exact) mass is 525 g/mol. The van der Waals surface area contributed by atoms with Crippen LogP contribution in [0.5, 0.6) is 5.75 Å². The first-order chi connectivity index (χ1) is 18.6. The highest BCUT2D eigenvalue weighted by Crippen LogP contribution is 2.44. The third-order valence-electron chi connectivity index (χ3n) is 8.12. The van der Waals surface area contributed by atoms with Crippen LogP contribution in [0.15, 0.2) is 72.2 Å². The molecule has 7 heteroatoms. The van der Waals surface area contributed by atoms with E-state index in [0.29, 0.717) is 0 Å². The van der Waals surface area contributed by atoms with E-state index in [9.17, 15) is 4.79 Å². The number of ether oxygens (including phenoxy) is 2. The summed E-state index contributed by atoms with van der Waals surface area (Å²) in [6.07, 6.45) is 1.49. The lowest BCUT2D eigenvalue weighted by atomic mass is 9.77. The van der Waals surface area contributed by atoms with E-state index >= 15 is 0 Å². The molecule has 3 aromatic rings. The van der Waals surface area contributed by atoms with Crippen LogP contribution in [0.3, 0.4) is 0 Å². The molecule has 1 N–H and O–H groups in total. The highest BCUT2D eigenvalue weighted by molar-refractivity contribution is 6.56. The van der Waals surface area contributed by atoms with E-state index in [1.807, 2.05) is 83.2 Å². The fourth-order valence-corrected chi connectivity index (χ4v) is 5.16. The first kappa shape index (κ1) is 27.0. The molecule has 1 aliphatic carbocycles. The molecule has 2 aliphatic rings. The Balaban J connectivity index is 1.31. The molecule has 1 amide bonds. The topological polar surface area (TPSA) is 66.0 Å². The predicted molar refractivity (Wildman–Crippen MR) is 155 cm³/mol. The maximum atomic E-state index is 12.9. The third-order valence-corrected chi connectivity index (χ3v) is 8.12. The molecule has 1 aliphatic heterocycles. The van der Waals surface area contributed by atoms with Crippen molar-refractivity contribution < 1.29 is 23.6 Å². The maximum Gasteiger partial charge on any atom is 0.492 e. The zero-order valence-electron chi connectivity index (χ0n) is 23.5. The molecule has 0 saturated carbocycles. The van der Waals surface area contributed by atoms with E-state index in [1.54, 1.807) is 7.11 Å². The molecular weight excluding hydrogens is 489 g/mol. The average molecular weight is 525 g/mol. The van der Waals surface area contributed by atoms with E-state index in [4.69, 9.17) is 18.8 Å². The van der Waals surface area contributed by atoms with Gasteiger partial charge in [-0.15, -0.1) is 0 Å². The molecular formula is C32H36BNO5. The Morgan fingerprint density at radius 1 is 0.949 bits per heavy atom. The lowest BCUT2D eigenvalue weighted by Crippen LogP contribution is -2.41. The van der Waals surface area contributed by atoms with Gasteiger partial charge in [-0.2, -0.15) is 0 Å². The summed E-state index contributed by atoms with van der Waals surface area (Å²) >= 11 is 0. The van der Waals surface area contributed by atoms with Gasteiger partial charge in [-0.05, 0) is 79.5 Å². The van der Waals surface area contributed by atoms with Crippen LogP contribution in [0.4, 0.5) is 4.79 Å². The van der Waals surface area contributed by atoms with Crippen molar-refractivity contribution in [1.29, 1.82) is 0 Å². The zero-order chi connectivity index (χ0) is 27.8. The largest absolute Gasteiger partial charge is 0.496 e. The van der Waals surface area contributed by atoms with Crippen LogP contribution in [-0.2, 0) is 14.0 Å². The predicted octanol–water partition coefficient (Wildman–Crippen LogP) is 6.56. The highest BCUT2D eigenvalue weighted by Gasteiger charge is 2.52. The smallest absolute Gasteiger partial charge is 0.492 e. The normalized spacial score (nSPS) is 17.5. The summed E-state index contributed by atoms with van der Waals surface area (Å²) in [5.74, 6) is 0.794. The fraction of sp³-hybridized carbons (Fsp3) is 0.344. The van der Waals surface area contributed by atoms with E-state index < -0.39 is 24.4 Å². The molecule has 3 aromatic carbocycles. The summed E-state index contributed by atoms with van der Waals surface area (Å²) in [6.45, 7) is 10.5. The second-order valence-corrected chi connectivity index (χ2v) is 11.2. The van der Waals surface area contributed by atoms with Crippen LogP contribution in [0.2, 0.25) is 0 Å². The van der Waals surface area contributed by atoms with Crippen LogP contribution < -0.4 is 10.1 Å². The Kier molecular flexibility index (Phi) is 7.32. The van der Waals surface area contributed by atoms with Crippen molar-refractivity contribution in [3.05, 3.63) is 94.5 Å². The summed E-state index contributed by atoms with van der Waals surface area (Å²) in [4.78, 5) is 12.9. The summed E-state index contributed by atoms with van der Waals surface area (Å²) in [5, 5.41) is 2.93. The van der Waals surface area contributed by atoms with Gasteiger partial charge in [0, 0.05) is 12.5 Å². The number of nitrogens with one attached hydrogen (secondary N) is 1. The van der Waals surface area contributed by atoms with E-state index in [-0.39, 0.29) is 19.1 Å². The minimum absolute atomic E-state index is 0.00119. The Morgan fingerprint density at radius 2 is 1.54 bits per heavy atom. The molecule has 1 saturated heterocycles. The van der Waals surface area contributed by atoms with Gasteiger partial charge in [-0.3, -0.25) is 0 Å². The molecule has 6 nitrogen and oxygen atoms in total. The van der Waals surface area contributed by atoms with E-state index in [1.165, 1.54) is 22.3 Å². The van der Waals surface area contributed by atoms with Gasteiger partial charge in [0.15, 0.2) is 0 Å². The van der Waals surface area contributed by atoms with Crippen LogP contribution in [0.25, 0.3) is 17.2 Å². The van der Waals surface area contributed by atoms with Crippen molar-refractivity contribution >= 4 is 19.3 Å². The van der Waals surface area contributed by atoms with Gasteiger partial charge in [-0.25, -0.2) is 4.79 Å². The Morgan fingerprint density at radius 3 is 2.13 bits per heavy atom. The molecule has 202 valence electrons. The van der Waals surface area contributed by atoms with Crippen molar-refractivity contribution in [2.45, 2.75) is 51.7 Å². The van der Waals surface area contributed by atoms with Crippen LogP contribution >= 0.6 is 0 Å². The summed E-state index contributed by atoms with van der Waals surface area (Å²) < 4.78 is 23.9. The van der Waals surface area contributed by atoms with Gasteiger partial charge in [0.05, 0.1) is 18.3 Å². The number of aryl methyl sites for hydroxylation is 1. The third kappa shape index (κ3) is 5.34. The quantitative estimate of drug-likeness (QED) is 0.354. The van der Waals surface area contributed by atoms with Gasteiger partial charge in [-0.1, -0.05) is 66.7 Å². The van der Waals surface area contributed by atoms with E-state index in [2.05, 4.69) is 29.6 Å². The van der Waals surface area contributed by atoms with E-state index in [0.717, 1.165) is 22.3 Å². The molecule has 0 unspecified atom stereocenters. The minimum atomic E-state index is -0.615. The number of hydrogen-bond acceptors (Lipinski definition) is 5. The molecule has 5 rings (SSSR count).